The lowest BCUT2D eigenvalue weighted by Gasteiger charge is -2.28. The normalized spacial score (nSPS) is 15.7. The average molecular weight is 257 g/mol. The number of carbonyl (C=O) groups is 1. The molecule has 1 aromatic rings. The first-order chi connectivity index (χ1) is 8.47. The van der Waals surface area contributed by atoms with E-state index < -0.39 is 12.6 Å². The van der Waals surface area contributed by atoms with Crippen molar-refractivity contribution in [2.24, 2.45) is 0 Å². The van der Waals surface area contributed by atoms with Crippen LogP contribution in [0.25, 0.3) is 0 Å². The molecule has 2 nitrogen and oxygen atoms in total. The summed E-state index contributed by atoms with van der Waals surface area (Å²) in [4.78, 5) is 13.5. The molecule has 0 saturated heterocycles. The highest BCUT2D eigenvalue weighted by Gasteiger charge is 2.28. The zero-order valence-electron chi connectivity index (χ0n) is 9.83. The van der Waals surface area contributed by atoms with E-state index in [9.17, 15) is 18.0 Å². The van der Waals surface area contributed by atoms with Gasteiger partial charge < -0.3 is 4.90 Å². The van der Waals surface area contributed by atoms with Crippen LogP contribution in [0.15, 0.2) is 24.3 Å². The monoisotopic (exact) mass is 257 g/mol. The van der Waals surface area contributed by atoms with Crippen LogP contribution in [0.5, 0.6) is 0 Å². The van der Waals surface area contributed by atoms with Gasteiger partial charge in [0.05, 0.1) is 0 Å². The first-order valence-electron chi connectivity index (χ1n) is 5.91. The fraction of sp³-hybridized carbons (Fsp3) is 0.462. The zero-order valence-corrected chi connectivity index (χ0v) is 9.83. The molecule has 5 heteroatoms. The second kappa shape index (κ2) is 5.00. The third-order valence-electron chi connectivity index (χ3n) is 3.07. The van der Waals surface area contributed by atoms with E-state index in [0.717, 1.165) is 5.56 Å². The lowest BCUT2D eigenvalue weighted by molar-refractivity contribution is -0.136. The average Bonchev–Trinajstić information content (AvgIpc) is 2.31. The van der Waals surface area contributed by atoms with Crippen molar-refractivity contribution in [2.45, 2.75) is 25.4 Å². The maximum absolute atomic E-state index is 12.0. The third-order valence-corrected chi connectivity index (χ3v) is 3.07. The van der Waals surface area contributed by atoms with Gasteiger partial charge >= 0.3 is 6.18 Å². The molecule has 0 aliphatic carbocycles. The minimum atomic E-state index is -4.14. The Balaban J connectivity index is 1.96. The Kier molecular flexibility index (Phi) is 3.59. The van der Waals surface area contributed by atoms with Gasteiger partial charge in [-0.2, -0.15) is 13.2 Å². The van der Waals surface area contributed by atoms with Crippen LogP contribution in [0.4, 0.5) is 13.2 Å². The molecule has 1 aromatic carbocycles. The van der Waals surface area contributed by atoms with Gasteiger partial charge in [0.15, 0.2) is 0 Å². The summed E-state index contributed by atoms with van der Waals surface area (Å²) < 4.78 is 36.1. The first-order valence-corrected chi connectivity index (χ1v) is 5.91. The number of alkyl halides is 3. The predicted octanol–water partition coefficient (Wildman–Crippen LogP) is 3.03. The molecule has 0 bridgehead atoms. The quantitative estimate of drug-likeness (QED) is 0.815. The van der Waals surface area contributed by atoms with Crippen molar-refractivity contribution in [3.05, 3.63) is 35.4 Å². The molecule has 0 radical (unpaired) electrons. The molecule has 0 unspecified atom stereocenters. The van der Waals surface area contributed by atoms with Crippen molar-refractivity contribution in [3.8, 4) is 0 Å². The van der Waals surface area contributed by atoms with E-state index in [2.05, 4.69) is 0 Å². The fourth-order valence-electron chi connectivity index (χ4n) is 2.16. The maximum Gasteiger partial charge on any atom is 0.389 e. The SMILES string of the molecule is O=C1c2ccccc2CCN1CCCC(F)(F)F. The molecule has 0 spiro atoms. The highest BCUT2D eigenvalue weighted by Crippen LogP contribution is 2.23. The molecule has 0 saturated carbocycles. The molecule has 0 aromatic heterocycles. The third kappa shape index (κ3) is 3.03. The standard InChI is InChI=1S/C13H14F3NO/c14-13(15,16)7-3-8-17-9-6-10-4-1-2-5-11(10)12(17)18/h1-2,4-5H,3,6-9H2. The van der Waals surface area contributed by atoms with E-state index >= 15 is 0 Å². The van der Waals surface area contributed by atoms with E-state index in [1.165, 1.54) is 4.90 Å². The molecule has 1 amide bonds. The highest BCUT2D eigenvalue weighted by molar-refractivity contribution is 5.96. The molecule has 2 rings (SSSR count). The van der Waals surface area contributed by atoms with Crippen molar-refractivity contribution in [1.82, 2.24) is 4.90 Å². The van der Waals surface area contributed by atoms with Gasteiger partial charge in [-0.05, 0) is 24.5 Å². The van der Waals surface area contributed by atoms with Crippen molar-refractivity contribution in [3.63, 3.8) is 0 Å². The van der Waals surface area contributed by atoms with Crippen LogP contribution in [0, 0.1) is 0 Å². The van der Waals surface area contributed by atoms with E-state index in [1.807, 2.05) is 12.1 Å². The molecule has 98 valence electrons. The van der Waals surface area contributed by atoms with Crippen molar-refractivity contribution < 1.29 is 18.0 Å². The molecule has 1 aliphatic heterocycles. The van der Waals surface area contributed by atoms with Crippen LogP contribution in [0.2, 0.25) is 0 Å². The molecule has 1 aliphatic rings. The summed E-state index contributed by atoms with van der Waals surface area (Å²) >= 11 is 0. The molecule has 0 atom stereocenters. The number of hydrogen-bond donors (Lipinski definition) is 0. The molecule has 18 heavy (non-hydrogen) atoms. The number of hydrogen-bond acceptors (Lipinski definition) is 1. The van der Waals surface area contributed by atoms with Gasteiger partial charge in [0.25, 0.3) is 5.91 Å². The van der Waals surface area contributed by atoms with Gasteiger partial charge in [0.1, 0.15) is 0 Å². The van der Waals surface area contributed by atoms with Crippen LogP contribution in [-0.2, 0) is 6.42 Å². The summed E-state index contributed by atoms with van der Waals surface area (Å²) in [6.07, 6.45) is -4.29. The van der Waals surface area contributed by atoms with Gasteiger partial charge in [0.2, 0.25) is 0 Å². The number of carbonyl (C=O) groups excluding carboxylic acids is 1. The van der Waals surface area contributed by atoms with Gasteiger partial charge in [0, 0.05) is 25.1 Å². The molecule has 0 N–H and O–H groups in total. The Labute approximate surface area is 103 Å². The Morgan fingerprint density at radius 1 is 1.22 bits per heavy atom. The second-order valence-corrected chi connectivity index (χ2v) is 4.42. The van der Waals surface area contributed by atoms with E-state index in [-0.39, 0.29) is 18.9 Å². The van der Waals surface area contributed by atoms with Crippen LogP contribution < -0.4 is 0 Å². The second-order valence-electron chi connectivity index (χ2n) is 4.42. The topological polar surface area (TPSA) is 20.3 Å². The predicted molar refractivity (Wildman–Crippen MR) is 61.3 cm³/mol. The van der Waals surface area contributed by atoms with E-state index in [4.69, 9.17) is 0 Å². The van der Waals surface area contributed by atoms with Gasteiger partial charge in [-0.3, -0.25) is 4.79 Å². The number of halogens is 3. The minimum absolute atomic E-state index is 0.0304. The van der Waals surface area contributed by atoms with Crippen molar-refractivity contribution in [1.29, 1.82) is 0 Å². The number of benzene rings is 1. The number of rotatable bonds is 3. The van der Waals surface area contributed by atoms with Gasteiger partial charge in [-0.15, -0.1) is 0 Å². The first kappa shape index (κ1) is 12.9. The smallest absolute Gasteiger partial charge is 0.338 e. The lowest BCUT2D eigenvalue weighted by atomic mass is 9.99. The van der Waals surface area contributed by atoms with Crippen LogP contribution in [0.1, 0.15) is 28.8 Å². The van der Waals surface area contributed by atoms with Crippen molar-refractivity contribution in [2.75, 3.05) is 13.1 Å². The Hall–Kier alpha value is -1.52. The zero-order chi connectivity index (χ0) is 13.2. The maximum atomic E-state index is 12.0. The highest BCUT2D eigenvalue weighted by atomic mass is 19.4. The summed E-state index contributed by atoms with van der Waals surface area (Å²) in [6, 6.07) is 7.26. The lowest BCUT2D eigenvalue weighted by Crippen LogP contribution is -2.38. The Morgan fingerprint density at radius 2 is 1.94 bits per heavy atom. The van der Waals surface area contributed by atoms with Gasteiger partial charge in [-0.25, -0.2) is 0 Å². The molecular formula is C13H14F3NO. The van der Waals surface area contributed by atoms with Crippen LogP contribution in [-0.4, -0.2) is 30.1 Å². The van der Waals surface area contributed by atoms with E-state index in [1.54, 1.807) is 12.1 Å². The summed E-state index contributed by atoms with van der Waals surface area (Å²) in [5.41, 5.74) is 1.60. The largest absolute Gasteiger partial charge is 0.389 e. The van der Waals surface area contributed by atoms with Crippen molar-refractivity contribution >= 4 is 5.91 Å². The van der Waals surface area contributed by atoms with Gasteiger partial charge in [-0.1, -0.05) is 18.2 Å². The summed E-state index contributed by atoms with van der Waals surface area (Å²) in [6.45, 7) is 0.681. The van der Waals surface area contributed by atoms with Crippen LogP contribution in [0.3, 0.4) is 0 Å². The summed E-state index contributed by atoms with van der Waals surface area (Å²) in [5.74, 6) is -0.154. The summed E-state index contributed by atoms with van der Waals surface area (Å²) in [7, 11) is 0. The Bertz CT molecular complexity index is 442. The van der Waals surface area contributed by atoms with E-state index in [0.29, 0.717) is 18.5 Å². The molecular weight excluding hydrogens is 243 g/mol. The minimum Gasteiger partial charge on any atom is -0.338 e. The number of nitrogens with zero attached hydrogens (tertiary/aromatic N) is 1. The Morgan fingerprint density at radius 3 is 2.67 bits per heavy atom. The number of amides is 1. The summed E-state index contributed by atoms with van der Waals surface area (Å²) in [5, 5.41) is 0. The molecule has 1 heterocycles. The fourth-order valence-corrected chi connectivity index (χ4v) is 2.16. The van der Waals surface area contributed by atoms with Crippen LogP contribution >= 0.6 is 0 Å². The molecule has 0 fully saturated rings. The number of fused-ring (bicyclic) bond motifs is 1.